The number of aromatic nitrogens is 2. The maximum atomic E-state index is 13.5. The highest BCUT2D eigenvalue weighted by molar-refractivity contribution is 6.20. The van der Waals surface area contributed by atoms with Crippen molar-refractivity contribution in [3.05, 3.63) is 58.7 Å². The molecular weight excluding hydrogens is 270 g/mol. The Balaban J connectivity index is 2.26. The first-order valence-electron chi connectivity index (χ1n) is 5.88. The lowest BCUT2D eigenvalue weighted by molar-refractivity contribution is 0.573. The van der Waals surface area contributed by atoms with Gasteiger partial charge in [0.25, 0.3) is 0 Å². The molecular formula is C14H13ClF2N2. The molecule has 5 heteroatoms. The fraction of sp³-hybridized carbons (Fsp3) is 0.286. The summed E-state index contributed by atoms with van der Waals surface area (Å²) in [5.74, 6) is -0.690. The van der Waals surface area contributed by atoms with Gasteiger partial charge in [-0.3, -0.25) is 0 Å². The second kappa shape index (κ2) is 5.61. The van der Waals surface area contributed by atoms with Crippen LogP contribution in [0.15, 0.2) is 24.4 Å². The number of hydrogen-bond acceptors (Lipinski definition) is 2. The molecule has 1 heterocycles. The molecule has 100 valence electrons. The van der Waals surface area contributed by atoms with E-state index in [1.54, 1.807) is 6.20 Å². The predicted molar refractivity (Wildman–Crippen MR) is 70.2 cm³/mol. The second-order valence-corrected chi connectivity index (χ2v) is 5.01. The van der Waals surface area contributed by atoms with Crippen LogP contribution in [0.2, 0.25) is 0 Å². The molecule has 0 fully saturated rings. The predicted octanol–water partition coefficient (Wildman–Crippen LogP) is 3.95. The van der Waals surface area contributed by atoms with Crippen LogP contribution in [0.1, 0.15) is 34.9 Å². The van der Waals surface area contributed by atoms with E-state index >= 15 is 0 Å². The molecule has 0 radical (unpaired) electrons. The molecule has 19 heavy (non-hydrogen) atoms. The van der Waals surface area contributed by atoms with Gasteiger partial charge in [0.1, 0.15) is 17.5 Å². The van der Waals surface area contributed by atoms with Crippen LogP contribution in [-0.4, -0.2) is 9.97 Å². The molecule has 0 saturated heterocycles. The van der Waals surface area contributed by atoms with Crippen molar-refractivity contribution in [2.45, 2.75) is 25.6 Å². The quantitative estimate of drug-likeness (QED) is 0.797. The van der Waals surface area contributed by atoms with E-state index in [0.717, 1.165) is 17.3 Å². The van der Waals surface area contributed by atoms with Crippen molar-refractivity contribution in [1.29, 1.82) is 0 Å². The molecule has 2 nitrogen and oxygen atoms in total. The van der Waals surface area contributed by atoms with Gasteiger partial charge in [0.2, 0.25) is 0 Å². The summed E-state index contributed by atoms with van der Waals surface area (Å²) in [6.07, 6.45) is 1.88. The minimum absolute atomic E-state index is 0.170. The Bertz CT molecular complexity index is 600. The first-order chi connectivity index (χ1) is 8.97. The number of nitrogens with zero attached hydrogens (tertiary/aromatic N) is 2. The first-order valence-corrected chi connectivity index (χ1v) is 6.31. The summed E-state index contributed by atoms with van der Waals surface area (Å²) in [5.41, 5.74) is 1.99. The fourth-order valence-corrected chi connectivity index (χ4v) is 2.05. The first kappa shape index (κ1) is 13.9. The lowest BCUT2D eigenvalue weighted by Gasteiger charge is -2.08. The van der Waals surface area contributed by atoms with Crippen molar-refractivity contribution in [2.75, 3.05) is 0 Å². The number of hydrogen-bond donors (Lipinski definition) is 0. The van der Waals surface area contributed by atoms with E-state index in [9.17, 15) is 8.78 Å². The summed E-state index contributed by atoms with van der Waals surface area (Å²) in [6.45, 7) is 3.67. The van der Waals surface area contributed by atoms with Gasteiger partial charge in [0.05, 0.1) is 5.38 Å². The molecule has 0 saturated carbocycles. The molecule has 0 aliphatic rings. The van der Waals surface area contributed by atoms with Crippen LogP contribution in [0.25, 0.3) is 0 Å². The number of rotatable bonds is 3. The third-order valence-corrected chi connectivity index (χ3v) is 3.09. The summed E-state index contributed by atoms with van der Waals surface area (Å²) in [6, 6.07) is 3.49. The van der Waals surface area contributed by atoms with Crippen LogP contribution < -0.4 is 0 Å². The summed E-state index contributed by atoms with van der Waals surface area (Å²) in [7, 11) is 0. The Morgan fingerprint density at radius 2 is 2.05 bits per heavy atom. The molecule has 0 N–H and O–H groups in total. The minimum atomic E-state index is -0.593. The van der Waals surface area contributed by atoms with Crippen molar-refractivity contribution in [3.8, 4) is 0 Å². The third kappa shape index (κ3) is 3.26. The standard InChI is InChI=1S/C14H13ClF2N2/c1-8(15)12-7-18-14(19-9(12)2)5-10-3-4-11(16)6-13(10)17/h3-4,6-8H,5H2,1-2H3. The van der Waals surface area contributed by atoms with E-state index in [-0.39, 0.29) is 11.8 Å². The van der Waals surface area contributed by atoms with Gasteiger partial charge in [-0.2, -0.15) is 0 Å². The SMILES string of the molecule is Cc1nc(Cc2ccc(F)cc2F)ncc1C(C)Cl. The summed E-state index contributed by atoms with van der Waals surface area (Å²) < 4.78 is 26.3. The zero-order valence-electron chi connectivity index (χ0n) is 10.6. The number of alkyl halides is 1. The van der Waals surface area contributed by atoms with E-state index < -0.39 is 11.6 Å². The normalized spacial score (nSPS) is 12.5. The van der Waals surface area contributed by atoms with Gasteiger partial charge >= 0.3 is 0 Å². The molecule has 0 aliphatic heterocycles. The monoisotopic (exact) mass is 282 g/mol. The van der Waals surface area contributed by atoms with Crippen molar-refractivity contribution in [3.63, 3.8) is 0 Å². The van der Waals surface area contributed by atoms with Gasteiger partial charge in [-0.1, -0.05) is 6.07 Å². The summed E-state index contributed by atoms with van der Waals surface area (Å²) >= 11 is 5.98. The zero-order chi connectivity index (χ0) is 14.0. The number of benzene rings is 1. The van der Waals surface area contributed by atoms with E-state index in [1.165, 1.54) is 12.1 Å². The number of halogens is 3. The third-order valence-electron chi connectivity index (χ3n) is 2.86. The lowest BCUT2D eigenvalue weighted by atomic mass is 10.1. The van der Waals surface area contributed by atoms with Crippen LogP contribution in [0.5, 0.6) is 0 Å². The van der Waals surface area contributed by atoms with Gasteiger partial charge in [0, 0.05) is 29.9 Å². The number of aryl methyl sites for hydroxylation is 1. The molecule has 0 spiro atoms. The van der Waals surface area contributed by atoms with Crippen molar-refractivity contribution in [1.82, 2.24) is 9.97 Å². The Morgan fingerprint density at radius 1 is 1.32 bits per heavy atom. The van der Waals surface area contributed by atoms with Crippen LogP contribution in [0.3, 0.4) is 0 Å². The highest BCUT2D eigenvalue weighted by Crippen LogP contribution is 2.21. The Labute approximate surface area is 115 Å². The smallest absolute Gasteiger partial charge is 0.133 e. The Morgan fingerprint density at radius 3 is 2.63 bits per heavy atom. The largest absolute Gasteiger partial charge is 0.241 e. The average molecular weight is 283 g/mol. The van der Waals surface area contributed by atoms with Gasteiger partial charge in [-0.15, -0.1) is 11.6 Å². The van der Waals surface area contributed by atoms with Crippen molar-refractivity contribution in [2.24, 2.45) is 0 Å². The molecule has 2 rings (SSSR count). The van der Waals surface area contributed by atoms with Crippen LogP contribution in [-0.2, 0) is 6.42 Å². The van der Waals surface area contributed by atoms with Gasteiger partial charge in [0.15, 0.2) is 0 Å². The average Bonchev–Trinajstić information content (AvgIpc) is 2.32. The lowest BCUT2D eigenvalue weighted by Crippen LogP contribution is -2.03. The van der Waals surface area contributed by atoms with E-state index in [2.05, 4.69) is 9.97 Å². The molecule has 2 aromatic rings. The molecule has 1 atom stereocenters. The van der Waals surface area contributed by atoms with Gasteiger partial charge in [-0.25, -0.2) is 18.7 Å². The molecule has 0 aliphatic carbocycles. The topological polar surface area (TPSA) is 25.8 Å². The van der Waals surface area contributed by atoms with Gasteiger partial charge in [-0.05, 0) is 25.5 Å². The zero-order valence-corrected chi connectivity index (χ0v) is 11.4. The van der Waals surface area contributed by atoms with E-state index in [0.29, 0.717) is 11.4 Å². The Kier molecular flexibility index (Phi) is 4.10. The Hall–Kier alpha value is -1.55. The fourth-order valence-electron chi connectivity index (χ4n) is 1.84. The van der Waals surface area contributed by atoms with E-state index in [1.807, 2.05) is 13.8 Å². The van der Waals surface area contributed by atoms with Crippen molar-refractivity contribution >= 4 is 11.6 Å². The van der Waals surface area contributed by atoms with Crippen LogP contribution in [0.4, 0.5) is 8.78 Å². The maximum Gasteiger partial charge on any atom is 0.133 e. The molecule has 0 amide bonds. The van der Waals surface area contributed by atoms with Crippen LogP contribution >= 0.6 is 11.6 Å². The van der Waals surface area contributed by atoms with Crippen molar-refractivity contribution < 1.29 is 8.78 Å². The highest BCUT2D eigenvalue weighted by atomic mass is 35.5. The summed E-state index contributed by atoms with van der Waals surface area (Å²) in [5, 5.41) is -0.170. The van der Waals surface area contributed by atoms with Crippen LogP contribution in [0, 0.1) is 18.6 Å². The minimum Gasteiger partial charge on any atom is -0.241 e. The second-order valence-electron chi connectivity index (χ2n) is 4.36. The van der Waals surface area contributed by atoms with Gasteiger partial charge < -0.3 is 0 Å². The summed E-state index contributed by atoms with van der Waals surface area (Å²) in [4.78, 5) is 8.46. The van der Waals surface area contributed by atoms with E-state index in [4.69, 9.17) is 11.6 Å². The molecule has 1 aromatic carbocycles. The molecule has 0 bridgehead atoms. The molecule has 1 unspecified atom stereocenters. The maximum absolute atomic E-state index is 13.5. The molecule has 1 aromatic heterocycles. The highest BCUT2D eigenvalue weighted by Gasteiger charge is 2.10.